The van der Waals surface area contributed by atoms with Gasteiger partial charge in [0.1, 0.15) is 17.1 Å². The highest BCUT2D eigenvalue weighted by atomic mass is 32.2. The van der Waals surface area contributed by atoms with Gasteiger partial charge in [0.2, 0.25) is 5.91 Å². The van der Waals surface area contributed by atoms with Crippen LogP contribution in [0.4, 0.5) is 11.4 Å². The van der Waals surface area contributed by atoms with Crippen molar-refractivity contribution in [1.82, 2.24) is 0 Å². The second kappa shape index (κ2) is 10.7. The lowest BCUT2D eigenvalue weighted by Crippen LogP contribution is -2.15. The normalized spacial score (nSPS) is 10.4. The molecule has 6 nitrogen and oxygen atoms in total. The summed E-state index contributed by atoms with van der Waals surface area (Å²) in [5, 5.41) is 5.80. The number of carbonyl (C=O) groups excluding carboxylic acids is 2. The third-order valence-corrected chi connectivity index (χ3v) is 5.81. The number of hydrogen-bond donors (Lipinski definition) is 2. The van der Waals surface area contributed by atoms with Gasteiger partial charge in [0.05, 0.1) is 20.0 Å². The van der Waals surface area contributed by atoms with Gasteiger partial charge in [0, 0.05) is 16.3 Å². The summed E-state index contributed by atoms with van der Waals surface area (Å²) in [5.74, 6) is 0.764. The first-order valence-electron chi connectivity index (χ1n) is 10.0. The fourth-order valence-electron chi connectivity index (χ4n) is 3.19. The maximum Gasteiger partial charge on any atom is 0.263 e. The van der Waals surface area contributed by atoms with E-state index in [2.05, 4.69) is 10.6 Å². The van der Waals surface area contributed by atoms with Crippen molar-refractivity contribution in [2.75, 3.05) is 30.6 Å². The van der Waals surface area contributed by atoms with Gasteiger partial charge in [-0.25, -0.2) is 0 Å². The quantitative estimate of drug-likeness (QED) is 0.455. The summed E-state index contributed by atoms with van der Waals surface area (Å²) < 4.78 is 10.6. The van der Waals surface area contributed by atoms with Gasteiger partial charge in [-0.05, 0) is 61.9 Å². The van der Waals surface area contributed by atoms with Crippen molar-refractivity contribution >= 4 is 35.0 Å². The molecule has 2 amide bonds. The minimum Gasteiger partial charge on any atom is -0.496 e. The summed E-state index contributed by atoms with van der Waals surface area (Å²) in [6, 6.07) is 18.4. The van der Waals surface area contributed by atoms with E-state index in [1.54, 1.807) is 30.3 Å². The lowest BCUT2D eigenvalue weighted by atomic mass is 10.1. The number of benzene rings is 3. The Morgan fingerprint density at radius 1 is 0.875 bits per heavy atom. The van der Waals surface area contributed by atoms with Gasteiger partial charge in [-0.3, -0.25) is 9.59 Å². The van der Waals surface area contributed by atoms with Gasteiger partial charge in [-0.2, -0.15) is 0 Å². The molecule has 3 rings (SSSR count). The Labute approximate surface area is 192 Å². The van der Waals surface area contributed by atoms with Gasteiger partial charge in [-0.1, -0.05) is 23.8 Å². The van der Waals surface area contributed by atoms with E-state index in [9.17, 15) is 9.59 Å². The number of methoxy groups -OCH3 is 2. The number of nitrogens with one attached hydrogen (secondary N) is 2. The minimum absolute atomic E-state index is 0.0670. The van der Waals surface area contributed by atoms with Gasteiger partial charge in [-0.15, -0.1) is 11.8 Å². The monoisotopic (exact) mass is 450 g/mol. The molecule has 32 heavy (non-hydrogen) atoms. The average Bonchev–Trinajstić information content (AvgIpc) is 2.79. The highest BCUT2D eigenvalue weighted by molar-refractivity contribution is 8.00. The molecule has 0 aromatic heterocycles. The number of rotatable bonds is 8. The van der Waals surface area contributed by atoms with E-state index in [-0.39, 0.29) is 17.6 Å². The van der Waals surface area contributed by atoms with Crippen LogP contribution in [0.15, 0.2) is 65.6 Å². The molecule has 0 aliphatic carbocycles. The summed E-state index contributed by atoms with van der Waals surface area (Å²) in [5.41, 5.74) is 3.98. The molecule has 3 aromatic carbocycles. The maximum absolute atomic E-state index is 12.8. The fourth-order valence-corrected chi connectivity index (χ4v) is 3.89. The van der Waals surface area contributed by atoms with Crippen LogP contribution >= 0.6 is 11.8 Å². The Kier molecular flexibility index (Phi) is 7.78. The lowest BCUT2D eigenvalue weighted by Gasteiger charge is -2.13. The molecule has 0 atom stereocenters. The summed E-state index contributed by atoms with van der Waals surface area (Å²) in [6.07, 6.45) is 0. The largest absolute Gasteiger partial charge is 0.496 e. The molecule has 0 aliphatic rings. The molecule has 3 aromatic rings. The third kappa shape index (κ3) is 5.82. The molecular weight excluding hydrogens is 424 g/mol. The van der Waals surface area contributed by atoms with Crippen LogP contribution in [0.3, 0.4) is 0 Å². The maximum atomic E-state index is 12.8. The van der Waals surface area contributed by atoms with Crippen molar-refractivity contribution in [1.29, 1.82) is 0 Å². The molecule has 7 heteroatoms. The predicted octanol–water partition coefficient (Wildman–Crippen LogP) is 5.30. The number of amides is 2. The second-order valence-corrected chi connectivity index (χ2v) is 8.22. The number of thioether (sulfide) groups is 1. The Morgan fingerprint density at radius 2 is 1.53 bits per heavy atom. The van der Waals surface area contributed by atoms with Crippen molar-refractivity contribution in [2.45, 2.75) is 18.7 Å². The van der Waals surface area contributed by atoms with E-state index in [1.165, 1.54) is 26.0 Å². The zero-order valence-electron chi connectivity index (χ0n) is 18.5. The van der Waals surface area contributed by atoms with E-state index < -0.39 is 0 Å². The molecule has 0 heterocycles. The van der Waals surface area contributed by atoms with Crippen molar-refractivity contribution in [2.24, 2.45) is 0 Å². The zero-order valence-corrected chi connectivity index (χ0v) is 19.3. The van der Waals surface area contributed by atoms with E-state index >= 15 is 0 Å². The van der Waals surface area contributed by atoms with Crippen molar-refractivity contribution in [3.8, 4) is 11.5 Å². The molecule has 0 saturated heterocycles. The number of ether oxygens (including phenoxy) is 2. The Bertz CT molecular complexity index is 1090. The Morgan fingerprint density at radius 3 is 2.12 bits per heavy atom. The summed E-state index contributed by atoms with van der Waals surface area (Å²) >= 11 is 1.43. The number of hydrogen-bond acceptors (Lipinski definition) is 5. The molecular formula is C25H26N2O4S. The summed E-state index contributed by atoms with van der Waals surface area (Å²) in [7, 11) is 3.02. The van der Waals surface area contributed by atoms with Gasteiger partial charge >= 0.3 is 0 Å². The molecule has 0 aliphatic heterocycles. The fraction of sp³-hybridized carbons (Fsp3) is 0.200. The summed E-state index contributed by atoms with van der Waals surface area (Å²) in [6.45, 7) is 4.00. The van der Waals surface area contributed by atoms with Crippen LogP contribution in [0.2, 0.25) is 0 Å². The molecule has 2 N–H and O–H groups in total. The zero-order chi connectivity index (χ0) is 23.1. The first-order valence-corrected chi connectivity index (χ1v) is 11.0. The highest BCUT2D eigenvalue weighted by Crippen LogP contribution is 2.29. The van der Waals surface area contributed by atoms with Gasteiger partial charge in [0.25, 0.3) is 5.91 Å². The molecule has 0 saturated carbocycles. The first kappa shape index (κ1) is 23.2. The molecule has 0 radical (unpaired) electrons. The minimum atomic E-state index is -0.326. The van der Waals surface area contributed by atoms with E-state index in [0.29, 0.717) is 22.7 Å². The van der Waals surface area contributed by atoms with E-state index in [1.807, 2.05) is 44.2 Å². The van der Waals surface area contributed by atoms with Crippen LogP contribution in [0.1, 0.15) is 21.5 Å². The number of anilines is 2. The Hall–Kier alpha value is -3.45. The van der Waals surface area contributed by atoms with Crippen LogP contribution in [-0.2, 0) is 4.79 Å². The standard InChI is InChI=1S/C25H26N2O4S/c1-16-8-13-20(17(2)14-16)27-23(28)15-32-19-11-9-18(10-12-19)26-25(29)24-21(30-3)6-5-7-22(24)31-4/h5-14H,15H2,1-4H3,(H,26,29)(H,27,28). The molecule has 166 valence electrons. The van der Waals surface area contributed by atoms with Crippen LogP contribution in [0, 0.1) is 13.8 Å². The first-order chi connectivity index (χ1) is 15.4. The van der Waals surface area contributed by atoms with E-state index in [4.69, 9.17) is 9.47 Å². The topological polar surface area (TPSA) is 76.7 Å². The molecule has 0 fully saturated rings. The molecule has 0 spiro atoms. The van der Waals surface area contributed by atoms with Crippen molar-refractivity contribution < 1.29 is 19.1 Å². The summed E-state index contributed by atoms with van der Waals surface area (Å²) in [4.78, 5) is 26.0. The SMILES string of the molecule is COc1cccc(OC)c1C(=O)Nc1ccc(SCC(=O)Nc2ccc(C)cc2C)cc1. The average molecular weight is 451 g/mol. The van der Waals surface area contributed by atoms with Crippen molar-refractivity contribution in [3.05, 3.63) is 77.4 Å². The second-order valence-electron chi connectivity index (χ2n) is 7.17. The third-order valence-electron chi connectivity index (χ3n) is 4.79. The smallest absolute Gasteiger partial charge is 0.263 e. The Balaban J connectivity index is 1.58. The van der Waals surface area contributed by atoms with Crippen molar-refractivity contribution in [3.63, 3.8) is 0 Å². The van der Waals surface area contributed by atoms with Gasteiger partial charge < -0.3 is 20.1 Å². The predicted molar refractivity (Wildman–Crippen MR) is 129 cm³/mol. The van der Waals surface area contributed by atoms with Gasteiger partial charge in [0.15, 0.2) is 0 Å². The lowest BCUT2D eigenvalue weighted by molar-refractivity contribution is -0.113. The molecule has 0 unspecified atom stereocenters. The van der Waals surface area contributed by atoms with E-state index in [0.717, 1.165) is 21.7 Å². The van der Waals surface area contributed by atoms with Crippen LogP contribution < -0.4 is 20.1 Å². The van der Waals surface area contributed by atoms with Crippen LogP contribution in [0.5, 0.6) is 11.5 Å². The molecule has 0 bridgehead atoms. The van der Waals surface area contributed by atoms with Crippen LogP contribution in [-0.4, -0.2) is 31.8 Å². The van der Waals surface area contributed by atoms with Crippen LogP contribution in [0.25, 0.3) is 0 Å². The highest BCUT2D eigenvalue weighted by Gasteiger charge is 2.18. The number of carbonyl (C=O) groups is 2. The number of aryl methyl sites for hydroxylation is 2.